The van der Waals surface area contributed by atoms with Crippen molar-refractivity contribution in [2.45, 2.75) is 26.8 Å². The first kappa shape index (κ1) is 19.2. The molecule has 0 fully saturated rings. The van der Waals surface area contributed by atoms with Crippen LogP contribution >= 0.6 is 15.9 Å². The van der Waals surface area contributed by atoms with E-state index in [1.165, 1.54) is 11.0 Å². The van der Waals surface area contributed by atoms with E-state index in [1.807, 2.05) is 39.0 Å². The van der Waals surface area contributed by atoms with Gasteiger partial charge in [0.15, 0.2) is 0 Å². The molecule has 0 saturated heterocycles. The molecule has 126 valence electrons. The number of carbonyl (C=O) groups is 2. The zero-order valence-corrected chi connectivity index (χ0v) is 15.5. The molecule has 1 aromatic rings. The van der Waals surface area contributed by atoms with Crippen molar-refractivity contribution < 1.29 is 14.3 Å². The van der Waals surface area contributed by atoms with E-state index in [-0.39, 0.29) is 24.4 Å². The fourth-order valence-electron chi connectivity index (χ4n) is 1.99. The molecular formula is C17H23BrN2O3. The Bertz CT molecular complexity index is 585. The van der Waals surface area contributed by atoms with Crippen LogP contribution in [0.3, 0.4) is 0 Å². The third-order valence-electron chi connectivity index (χ3n) is 3.07. The van der Waals surface area contributed by atoms with Crippen molar-refractivity contribution in [3.05, 3.63) is 34.3 Å². The monoisotopic (exact) mass is 382 g/mol. The first-order chi connectivity index (χ1) is 10.9. The van der Waals surface area contributed by atoms with Gasteiger partial charge in [-0.3, -0.25) is 9.59 Å². The molecule has 1 rings (SSSR count). The van der Waals surface area contributed by atoms with E-state index in [1.54, 1.807) is 13.2 Å². The van der Waals surface area contributed by atoms with E-state index in [0.29, 0.717) is 12.3 Å². The minimum absolute atomic E-state index is 0.0491. The summed E-state index contributed by atoms with van der Waals surface area (Å²) in [7, 11) is 1.58. The predicted molar refractivity (Wildman–Crippen MR) is 95.3 cm³/mol. The summed E-state index contributed by atoms with van der Waals surface area (Å²) in [5.74, 6) is 0.301. The number of nitrogens with one attached hydrogen (secondary N) is 1. The van der Waals surface area contributed by atoms with Gasteiger partial charge in [0.25, 0.3) is 0 Å². The Morgan fingerprint density at radius 3 is 2.65 bits per heavy atom. The lowest BCUT2D eigenvalue weighted by Gasteiger charge is -2.19. The van der Waals surface area contributed by atoms with Crippen LogP contribution < -0.4 is 10.1 Å². The van der Waals surface area contributed by atoms with Gasteiger partial charge in [-0.1, -0.05) is 15.9 Å². The molecule has 0 radical (unpaired) electrons. The summed E-state index contributed by atoms with van der Waals surface area (Å²) in [5.41, 5.74) is 0.790. The zero-order valence-electron chi connectivity index (χ0n) is 13.9. The number of amides is 2. The maximum atomic E-state index is 12.3. The molecule has 0 heterocycles. The summed E-state index contributed by atoms with van der Waals surface area (Å²) >= 11 is 3.39. The smallest absolute Gasteiger partial charge is 0.247 e. The number of hydrogen-bond acceptors (Lipinski definition) is 3. The van der Waals surface area contributed by atoms with Crippen LogP contribution in [0.1, 0.15) is 26.3 Å². The molecule has 0 saturated carbocycles. The van der Waals surface area contributed by atoms with Crippen LogP contribution in [-0.2, 0) is 9.59 Å². The van der Waals surface area contributed by atoms with Gasteiger partial charge in [-0.2, -0.15) is 0 Å². The van der Waals surface area contributed by atoms with E-state index < -0.39 is 0 Å². The van der Waals surface area contributed by atoms with E-state index in [9.17, 15) is 9.59 Å². The van der Waals surface area contributed by atoms with Crippen LogP contribution in [0.25, 0.3) is 6.08 Å². The van der Waals surface area contributed by atoms with Crippen LogP contribution in [0, 0.1) is 0 Å². The Hall–Kier alpha value is -1.82. The molecule has 0 spiro atoms. The van der Waals surface area contributed by atoms with Gasteiger partial charge in [0.1, 0.15) is 5.75 Å². The number of ether oxygens (including phenoxy) is 1. The van der Waals surface area contributed by atoms with Gasteiger partial charge in [-0.05, 0) is 45.0 Å². The van der Waals surface area contributed by atoms with Crippen LogP contribution in [0.2, 0.25) is 0 Å². The standard InChI is InChI=1S/C17H23BrN2O3/c1-5-20(11-16(21)19-12(2)3)17(22)9-6-13-10-14(18)7-8-15(13)23-4/h6-10,12H,5,11H2,1-4H3,(H,19,21)/b9-6+. The molecule has 5 nitrogen and oxygen atoms in total. The molecule has 1 N–H and O–H groups in total. The average molecular weight is 383 g/mol. The fraction of sp³-hybridized carbons (Fsp3) is 0.412. The first-order valence-electron chi connectivity index (χ1n) is 7.47. The minimum Gasteiger partial charge on any atom is -0.496 e. The van der Waals surface area contributed by atoms with Crippen molar-refractivity contribution in [3.8, 4) is 5.75 Å². The number of likely N-dealkylation sites (N-methyl/N-ethyl adjacent to an activating group) is 1. The number of carbonyl (C=O) groups excluding carboxylic acids is 2. The second-order valence-corrected chi connectivity index (χ2v) is 6.21. The molecule has 0 bridgehead atoms. The molecule has 0 atom stereocenters. The molecule has 0 aromatic heterocycles. The molecule has 23 heavy (non-hydrogen) atoms. The summed E-state index contributed by atoms with van der Waals surface area (Å²) in [6, 6.07) is 5.61. The molecule has 0 aliphatic heterocycles. The lowest BCUT2D eigenvalue weighted by atomic mass is 10.2. The van der Waals surface area contributed by atoms with Crippen LogP contribution in [0.15, 0.2) is 28.7 Å². The van der Waals surface area contributed by atoms with Crippen molar-refractivity contribution in [2.75, 3.05) is 20.2 Å². The van der Waals surface area contributed by atoms with Gasteiger partial charge in [-0.25, -0.2) is 0 Å². The Morgan fingerprint density at radius 2 is 2.09 bits per heavy atom. The summed E-state index contributed by atoms with van der Waals surface area (Å²) in [5, 5.41) is 2.78. The zero-order chi connectivity index (χ0) is 17.4. The SMILES string of the molecule is CCN(CC(=O)NC(C)C)C(=O)/C=C/c1cc(Br)ccc1OC. The summed E-state index contributed by atoms with van der Waals surface area (Å²) < 4.78 is 6.16. The predicted octanol–water partition coefficient (Wildman–Crippen LogP) is 2.84. The highest BCUT2D eigenvalue weighted by molar-refractivity contribution is 9.10. The molecule has 0 aliphatic rings. The first-order valence-corrected chi connectivity index (χ1v) is 8.26. The number of rotatable bonds is 7. The third kappa shape index (κ3) is 6.44. The van der Waals surface area contributed by atoms with Crippen LogP contribution in [-0.4, -0.2) is 43.0 Å². The lowest BCUT2D eigenvalue weighted by Crippen LogP contribution is -2.42. The highest BCUT2D eigenvalue weighted by Gasteiger charge is 2.14. The highest BCUT2D eigenvalue weighted by Crippen LogP contribution is 2.24. The Kier molecular flexibility index (Phi) is 7.81. The number of halogens is 1. The van der Waals surface area contributed by atoms with Gasteiger partial charge < -0.3 is 15.0 Å². The molecule has 0 aliphatic carbocycles. The highest BCUT2D eigenvalue weighted by atomic mass is 79.9. The number of hydrogen-bond donors (Lipinski definition) is 1. The van der Waals surface area contributed by atoms with Crippen molar-refractivity contribution in [2.24, 2.45) is 0 Å². The lowest BCUT2D eigenvalue weighted by molar-refractivity contribution is -0.132. The number of nitrogens with zero attached hydrogens (tertiary/aromatic N) is 1. The van der Waals surface area contributed by atoms with Crippen LogP contribution in [0.4, 0.5) is 0 Å². The maximum Gasteiger partial charge on any atom is 0.247 e. The summed E-state index contributed by atoms with van der Waals surface area (Å²) in [4.78, 5) is 25.5. The quantitative estimate of drug-likeness (QED) is 0.737. The Morgan fingerprint density at radius 1 is 1.39 bits per heavy atom. The van der Waals surface area contributed by atoms with Gasteiger partial charge in [-0.15, -0.1) is 0 Å². The molecule has 1 aromatic carbocycles. The van der Waals surface area contributed by atoms with Gasteiger partial charge >= 0.3 is 0 Å². The van der Waals surface area contributed by atoms with Crippen molar-refractivity contribution in [1.82, 2.24) is 10.2 Å². The van der Waals surface area contributed by atoms with Crippen molar-refractivity contribution >= 4 is 33.8 Å². The molecule has 6 heteroatoms. The largest absolute Gasteiger partial charge is 0.496 e. The second-order valence-electron chi connectivity index (χ2n) is 5.29. The van der Waals surface area contributed by atoms with E-state index >= 15 is 0 Å². The van der Waals surface area contributed by atoms with Gasteiger partial charge in [0.05, 0.1) is 13.7 Å². The molecular weight excluding hydrogens is 360 g/mol. The third-order valence-corrected chi connectivity index (χ3v) is 3.57. The van der Waals surface area contributed by atoms with E-state index in [2.05, 4.69) is 21.2 Å². The van der Waals surface area contributed by atoms with Gasteiger partial charge in [0, 0.05) is 28.7 Å². The summed E-state index contributed by atoms with van der Waals surface area (Å²) in [6.45, 7) is 6.12. The van der Waals surface area contributed by atoms with Crippen molar-refractivity contribution in [3.63, 3.8) is 0 Å². The fourth-order valence-corrected chi connectivity index (χ4v) is 2.37. The Labute approximate surface area is 145 Å². The number of methoxy groups -OCH3 is 1. The normalized spacial score (nSPS) is 10.9. The minimum atomic E-state index is -0.214. The van der Waals surface area contributed by atoms with Gasteiger partial charge in [0.2, 0.25) is 11.8 Å². The topological polar surface area (TPSA) is 58.6 Å². The molecule has 2 amide bonds. The Balaban J connectivity index is 2.79. The average Bonchev–Trinajstić information content (AvgIpc) is 2.49. The van der Waals surface area contributed by atoms with E-state index in [4.69, 9.17) is 4.74 Å². The van der Waals surface area contributed by atoms with Crippen LogP contribution in [0.5, 0.6) is 5.75 Å². The van der Waals surface area contributed by atoms with Crippen molar-refractivity contribution in [1.29, 1.82) is 0 Å². The summed E-state index contributed by atoms with van der Waals surface area (Å²) in [6.07, 6.45) is 3.14. The van der Waals surface area contributed by atoms with E-state index in [0.717, 1.165) is 10.0 Å². The second kappa shape index (κ2) is 9.35. The molecule has 0 unspecified atom stereocenters. The number of benzene rings is 1. The maximum absolute atomic E-state index is 12.3.